The molecule has 0 saturated carbocycles. The van der Waals surface area contributed by atoms with Crippen LogP contribution in [0.1, 0.15) is 18.9 Å². The minimum atomic E-state index is -0.616. The highest BCUT2D eigenvalue weighted by Crippen LogP contribution is 2.31. The molecule has 0 amide bonds. The summed E-state index contributed by atoms with van der Waals surface area (Å²) in [5, 5.41) is 3.25. The molecule has 0 unspecified atom stereocenters. The fourth-order valence-electron chi connectivity index (χ4n) is 2.24. The van der Waals surface area contributed by atoms with E-state index >= 15 is 0 Å². The van der Waals surface area contributed by atoms with Crippen LogP contribution >= 0.6 is 0 Å². The van der Waals surface area contributed by atoms with Crippen LogP contribution in [-0.2, 0) is 6.54 Å². The lowest BCUT2D eigenvalue weighted by Gasteiger charge is -2.13. The van der Waals surface area contributed by atoms with Gasteiger partial charge in [-0.3, -0.25) is 0 Å². The van der Waals surface area contributed by atoms with E-state index < -0.39 is 11.6 Å². The van der Waals surface area contributed by atoms with Crippen LogP contribution in [0, 0.1) is 11.6 Å². The molecule has 2 aromatic rings. The van der Waals surface area contributed by atoms with Crippen LogP contribution in [0.15, 0.2) is 36.4 Å². The maximum absolute atomic E-state index is 14.2. The minimum Gasteiger partial charge on any atom is -0.497 e. The predicted molar refractivity (Wildman–Crippen MR) is 80.3 cm³/mol. The standard InChI is InChI=1S/C17H19F2NO/c1-3-8-20-11-12-6-4-5-7-14(12)17-15(18)9-13(21-2)10-16(17)19/h4-7,9-10,20H,3,8,11H2,1-2H3. The Morgan fingerprint density at radius 3 is 2.38 bits per heavy atom. The molecular weight excluding hydrogens is 272 g/mol. The van der Waals surface area contributed by atoms with E-state index in [4.69, 9.17) is 4.74 Å². The molecule has 0 atom stereocenters. The topological polar surface area (TPSA) is 21.3 Å². The molecule has 0 aliphatic carbocycles. The number of hydrogen-bond donors (Lipinski definition) is 1. The second-order valence-corrected chi connectivity index (χ2v) is 4.80. The van der Waals surface area contributed by atoms with Crippen molar-refractivity contribution < 1.29 is 13.5 Å². The second kappa shape index (κ2) is 7.18. The average molecular weight is 291 g/mol. The summed E-state index contributed by atoms with van der Waals surface area (Å²) in [4.78, 5) is 0. The van der Waals surface area contributed by atoms with E-state index in [1.54, 1.807) is 12.1 Å². The summed E-state index contributed by atoms with van der Waals surface area (Å²) in [5.74, 6) is -1.06. The van der Waals surface area contributed by atoms with Gasteiger partial charge in [0.15, 0.2) is 0 Å². The Balaban J connectivity index is 2.42. The first-order valence-electron chi connectivity index (χ1n) is 6.99. The lowest BCUT2D eigenvalue weighted by Crippen LogP contribution is -2.14. The molecule has 0 saturated heterocycles. The molecule has 2 aromatic carbocycles. The van der Waals surface area contributed by atoms with Gasteiger partial charge in [0.1, 0.15) is 17.4 Å². The number of hydrogen-bond acceptors (Lipinski definition) is 2. The highest BCUT2D eigenvalue weighted by atomic mass is 19.1. The van der Waals surface area contributed by atoms with Crippen LogP contribution < -0.4 is 10.1 Å². The summed E-state index contributed by atoms with van der Waals surface area (Å²) < 4.78 is 33.3. The maximum Gasteiger partial charge on any atom is 0.137 e. The first-order chi connectivity index (χ1) is 10.2. The summed E-state index contributed by atoms with van der Waals surface area (Å²) >= 11 is 0. The van der Waals surface area contributed by atoms with E-state index in [0.717, 1.165) is 18.5 Å². The number of methoxy groups -OCH3 is 1. The van der Waals surface area contributed by atoms with Gasteiger partial charge in [-0.25, -0.2) is 8.78 Å². The van der Waals surface area contributed by atoms with E-state index in [1.165, 1.54) is 19.2 Å². The van der Waals surface area contributed by atoms with Crippen LogP contribution in [0.5, 0.6) is 5.75 Å². The zero-order valence-electron chi connectivity index (χ0n) is 12.2. The molecule has 0 fully saturated rings. The van der Waals surface area contributed by atoms with Gasteiger partial charge in [-0.15, -0.1) is 0 Å². The third-order valence-electron chi connectivity index (χ3n) is 3.28. The maximum atomic E-state index is 14.2. The van der Waals surface area contributed by atoms with Crippen molar-refractivity contribution in [3.05, 3.63) is 53.6 Å². The Morgan fingerprint density at radius 1 is 1.10 bits per heavy atom. The van der Waals surface area contributed by atoms with Crippen molar-refractivity contribution in [3.63, 3.8) is 0 Å². The molecule has 0 aliphatic rings. The quantitative estimate of drug-likeness (QED) is 0.808. The van der Waals surface area contributed by atoms with E-state index in [-0.39, 0.29) is 11.3 Å². The van der Waals surface area contributed by atoms with Crippen molar-refractivity contribution in [1.29, 1.82) is 0 Å². The molecule has 0 aliphatic heterocycles. The summed E-state index contributed by atoms with van der Waals surface area (Å²) in [6.45, 7) is 3.51. The van der Waals surface area contributed by atoms with Gasteiger partial charge in [-0.2, -0.15) is 0 Å². The Bertz CT molecular complexity index is 590. The van der Waals surface area contributed by atoms with Gasteiger partial charge >= 0.3 is 0 Å². The zero-order chi connectivity index (χ0) is 15.2. The molecule has 2 rings (SSSR count). The number of ether oxygens (including phenoxy) is 1. The zero-order valence-corrected chi connectivity index (χ0v) is 12.2. The fraction of sp³-hybridized carbons (Fsp3) is 0.294. The van der Waals surface area contributed by atoms with E-state index in [1.807, 2.05) is 12.1 Å². The SMILES string of the molecule is CCCNCc1ccccc1-c1c(F)cc(OC)cc1F. The molecule has 4 heteroatoms. The lowest BCUT2D eigenvalue weighted by molar-refractivity contribution is 0.407. The van der Waals surface area contributed by atoms with Crippen LogP contribution in [0.4, 0.5) is 8.78 Å². The Labute approximate surface area is 123 Å². The molecule has 112 valence electrons. The lowest BCUT2D eigenvalue weighted by atomic mass is 9.98. The Kier molecular flexibility index (Phi) is 5.28. The van der Waals surface area contributed by atoms with E-state index in [2.05, 4.69) is 12.2 Å². The third kappa shape index (κ3) is 3.58. The van der Waals surface area contributed by atoms with E-state index in [9.17, 15) is 8.78 Å². The molecular formula is C17H19F2NO. The largest absolute Gasteiger partial charge is 0.497 e. The molecule has 2 nitrogen and oxygen atoms in total. The first-order valence-corrected chi connectivity index (χ1v) is 6.99. The van der Waals surface area contributed by atoms with Gasteiger partial charge < -0.3 is 10.1 Å². The van der Waals surface area contributed by atoms with Gasteiger partial charge in [0.2, 0.25) is 0 Å². The van der Waals surface area contributed by atoms with Crippen molar-refractivity contribution in [2.75, 3.05) is 13.7 Å². The average Bonchev–Trinajstić information content (AvgIpc) is 2.48. The Morgan fingerprint density at radius 2 is 1.76 bits per heavy atom. The van der Waals surface area contributed by atoms with Crippen molar-refractivity contribution in [2.24, 2.45) is 0 Å². The number of rotatable bonds is 6. The van der Waals surface area contributed by atoms with E-state index in [0.29, 0.717) is 12.1 Å². The van der Waals surface area contributed by atoms with Gasteiger partial charge in [-0.05, 0) is 24.1 Å². The third-order valence-corrected chi connectivity index (χ3v) is 3.28. The normalized spacial score (nSPS) is 10.7. The summed E-state index contributed by atoms with van der Waals surface area (Å²) in [7, 11) is 1.39. The molecule has 0 heterocycles. The van der Waals surface area contributed by atoms with Crippen LogP contribution in [0.3, 0.4) is 0 Å². The number of benzene rings is 2. The number of halogens is 2. The van der Waals surface area contributed by atoms with Crippen LogP contribution in [0.25, 0.3) is 11.1 Å². The van der Waals surface area contributed by atoms with Crippen LogP contribution in [-0.4, -0.2) is 13.7 Å². The number of nitrogens with one attached hydrogen (secondary N) is 1. The van der Waals surface area contributed by atoms with Gasteiger partial charge in [0, 0.05) is 18.7 Å². The highest BCUT2D eigenvalue weighted by Gasteiger charge is 2.16. The smallest absolute Gasteiger partial charge is 0.137 e. The molecule has 0 aromatic heterocycles. The summed E-state index contributed by atoms with van der Waals surface area (Å²) in [6, 6.07) is 9.66. The molecule has 0 radical (unpaired) electrons. The van der Waals surface area contributed by atoms with Gasteiger partial charge in [0.25, 0.3) is 0 Å². The summed E-state index contributed by atoms with van der Waals surface area (Å²) in [6.07, 6.45) is 1.01. The van der Waals surface area contributed by atoms with Crippen LogP contribution in [0.2, 0.25) is 0 Å². The predicted octanol–water partition coefficient (Wildman–Crippen LogP) is 4.14. The first kappa shape index (κ1) is 15.4. The van der Waals surface area contributed by atoms with Gasteiger partial charge in [-0.1, -0.05) is 31.2 Å². The van der Waals surface area contributed by atoms with Gasteiger partial charge in [0.05, 0.1) is 12.7 Å². The van der Waals surface area contributed by atoms with Crippen molar-refractivity contribution in [1.82, 2.24) is 5.32 Å². The van der Waals surface area contributed by atoms with Crippen molar-refractivity contribution >= 4 is 0 Å². The Hall–Kier alpha value is -1.94. The fourth-order valence-corrected chi connectivity index (χ4v) is 2.24. The molecule has 0 spiro atoms. The highest BCUT2D eigenvalue weighted by molar-refractivity contribution is 5.69. The minimum absolute atomic E-state index is 0.00954. The monoisotopic (exact) mass is 291 g/mol. The second-order valence-electron chi connectivity index (χ2n) is 4.80. The molecule has 21 heavy (non-hydrogen) atoms. The molecule has 0 bridgehead atoms. The van der Waals surface area contributed by atoms with Crippen molar-refractivity contribution in [3.8, 4) is 16.9 Å². The van der Waals surface area contributed by atoms with Crippen molar-refractivity contribution in [2.45, 2.75) is 19.9 Å². The molecule has 1 N–H and O–H groups in total. The summed E-state index contributed by atoms with van der Waals surface area (Å²) in [5.41, 5.74) is 1.43.